The third-order valence-corrected chi connectivity index (χ3v) is 2.60. The summed E-state index contributed by atoms with van der Waals surface area (Å²) >= 11 is 0. The van der Waals surface area contributed by atoms with Gasteiger partial charge in [0.2, 0.25) is 0 Å². The minimum atomic E-state index is -4.56. The van der Waals surface area contributed by atoms with Gasteiger partial charge < -0.3 is 4.90 Å². The first-order chi connectivity index (χ1) is 6.76. The molecule has 15 heavy (non-hydrogen) atoms. The smallest absolute Gasteiger partial charge is 0.334 e. The molecule has 1 aliphatic rings. The summed E-state index contributed by atoms with van der Waals surface area (Å²) in [6, 6.07) is -0.392. The molecule has 1 fully saturated rings. The van der Waals surface area contributed by atoms with Crippen LogP contribution in [0.15, 0.2) is 0 Å². The third-order valence-electron chi connectivity index (χ3n) is 2.60. The lowest BCUT2D eigenvalue weighted by molar-refractivity contribution is -0.181. The van der Waals surface area contributed by atoms with Gasteiger partial charge in [-0.2, -0.15) is 8.78 Å². The van der Waals surface area contributed by atoms with Crippen LogP contribution in [0.1, 0.15) is 20.3 Å². The van der Waals surface area contributed by atoms with Crippen LogP contribution in [0.4, 0.5) is 17.6 Å². The van der Waals surface area contributed by atoms with Gasteiger partial charge in [0.1, 0.15) is 0 Å². The van der Waals surface area contributed by atoms with Crippen LogP contribution in [0.5, 0.6) is 0 Å². The predicted molar refractivity (Wildman–Crippen MR) is 45.9 cm³/mol. The largest absolute Gasteiger partial charge is 0.383 e. The number of nitrogens with zero attached hydrogens (tertiary/aromatic N) is 1. The van der Waals surface area contributed by atoms with Crippen LogP contribution in [0.3, 0.4) is 0 Å². The fraction of sp³-hybridized carbons (Fsp3) is 0.889. The zero-order valence-corrected chi connectivity index (χ0v) is 8.51. The molecular weight excluding hydrogens is 214 g/mol. The maximum atomic E-state index is 12.8. The van der Waals surface area contributed by atoms with Gasteiger partial charge in [-0.15, -0.1) is 0 Å². The van der Waals surface area contributed by atoms with E-state index in [1.807, 2.05) is 0 Å². The normalized spacial score (nSPS) is 27.5. The van der Waals surface area contributed by atoms with Crippen molar-refractivity contribution in [2.24, 2.45) is 5.92 Å². The van der Waals surface area contributed by atoms with Crippen LogP contribution in [0.25, 0.3) is 0 Å². The van der Waals surface area contributed by atoms with Crippen LogP contribution >= 0.6 is 0 Å². The van der Waals surface area contributed by atoms with Crippen molar-refractivity contribution in [1.82, 2.24) is 4.90 Å². The summed E-state index contributed by atoms with van der Waals surface area (Å²) < 4.78 is 49.4. The molecule has 0 aromatic heterocycles. The minimum Gasteiger partial charge on any atom is -0.334 e. The van der Waals surface area contributed by atoms with Gasteiger partial charge in [-0.05, 0) is 19.3 Å². The molecule has 2 unspecified atom stereocenters. The number of hydrogen-bond donors (Lipinski definition) is 0. The van der Waals surface area contributed by atoms with Crippen molar-refractivity contribution in [2.75, 3.05) is 6.54 Å². The Morgan fingerprint density at radius 3 is 2.27 bits per heavy atom. The Kier molecular flexibility index (Phi) is 3.25. The molecule has 0 radical (unpaired) electrons. The van der Waals surface area contributed by atoms with Crippen molar-refractivity contribution in [3.05, 3.63) is 0 Å². The van der Waals surface area contributed by atoms with E-state index < -0.39 is 24.3 Å². The van der Waals surface area contributed by atoms with Crippen LogP contribution in [-0.4, -0.2) is 35.7 Å². The summed E-state index contributed by atoms with van der Waals surface area (Å²) in [5, 5.41) is 0. The Hall–Kier alpha value is -0.810. The topological polar surface area (TPSA) is 20.3 Å². The van der Waals surface area contributed by atoms with E-state index in [9.17, 15) is 22.4 Å². The first kappa shape index (κ1) is 12.3. The van der Waals surface area contributed by atoms with E-state index in [0.717, 1.165) is 4.90 Å². The molecule has 0 saturated carbocycles. The van der Waals surface area contributed by atoms with Crippen LogP contribution in [0.2, 0.25) is 0 Å². The predicted octanol–water partition coefficient (Wildman–Crippen LogP) is 2.14. The third kappa shape index (κ3) is 2.23. The fourth-order valence-corrected chi connectivity index (χ4v) is 1.87. The number of amides is 1. The molecule has 2 nitrogen and oxygen atoms in total. The number of halogens is 4. The van der Waals surface area contributed by atoms with Crippen molar-refractivity contribution in [3.63, 3.8) is 0 Å². The lowest BCUT2D eigenvalue weighted by Gasteiger charge is -2.25. The van der Waals surface area contributed by atoms with E-state index in [4.69, 9.17) is 0 Å². The Balaban J connectivity index is 2.77. The van der Waals surface area contributed by atoms with Crippen molar-refractivity contribution in [3.8, 4) is 0 Å². The first-order valence-corrected chi connectivity index (χ1v) is 4.73. The highest BCUT2D eigenvalue weighted by Crippen LogP contribution is 2.30. The summed E-state index contributed by atoms with van der Waals surface area (Å²) in [7, 11) is 0. The number of alkyl halides is 4. The number of carbonyl (C=O) groups is 1. The second-order valence-corrected chi connectivity index (χ2v) is 4.07. The molecule has 1 saturated heterocycles. The van der Waals surface area contributed by atoms with Gasteiger partial charge in [-0.3, -0.25) is 4.79 Å². The summed E-state index contributed by atoms with van der Waals surface area (Å²) in [5.74, 6) is -6.23. The minimum absolute atomic E-state index is 0.0809. The fourth-order valence-electron chi connectivity index (χ4n) is 1.87. The van der Waals surface area contributed by atoms with Gasteiger partial charge >= 0.3 is 12.3 Å². The molecule has 1 rings (SSSR count). The van der Waals surface area contributed by atoms with E-state index in [1.165, 1.54) is 0 Å². The zero-order chi connectivity index (χ0) is 11.8. The Morgan fingerprint density at radius 1 is 1.40 bits per heavy atom. The molecule has 0 aliphatic carbocycles. The van der Waals surface area contributed by atoms with Gasteiger partial charge in [-0.1, -0.05) is 6.92 Å². The summed E-state index contributed by atoms with van der Waals surface area (Å²) in [5.41, 5.74) is 0. The molecule has 6 heteroatoms. The first-order valence-electron chi connectivity index (χ1n) is 4.73. The standard InChI is InChI=1S/C9H13F4NO/c1-5-3-6(2)14(4-5)8(15)9(12,13)7(10)11/h5-7H,3-4H2,1-2H3. The number of rotatable bonds is 2. The van der Waals surface area contributed by atoms with Crippen LogP contribution in [-0.2, 0) is 4.79 Å². The highest BCUT2D eigenvalue weighted by molar-refractivity contribution is 5.84. The summed E-state index contributed by atoms with van der Waals surface area (Å²) in [4.78, 5) is 12.0. The second-order valence-electron chi connectivity index (χ2n) is 4.07. The lowest BCUT2D eigenvalue weighted by Crippen LogP contribution is -2.49. The zero-order valence-electron chi connectivity index (χ0n) is 8.51. The van der Waals surface area contributed by atoms with Gasteiger partial charge in [0.25, 0.3) is 5.91 Å². The average molecular weight is 227 g/mol. The van der Waals surface area contributed by atoms with Crippen LogP contribution in [0, 0.1) is 5.92 Å². The SMILES string of the molecule is CC1CC(C)N(C(=O)C(F)(F)C(F)F)C1. The Labute approximate surface area is 85.2 Å². The van der Waals surface area contributed by atoms with E-state index in [-0.39, 0.29) is 12.5 Å². The van der Waals surface area contributed by atoms with E-state index in [0.29, 0.717) is 6.42 Å². The molecule has 2 atom stereocenters. The van der Waals surface area contributed by atoms with Gasteiger partial charge in [0, 0.05) is 12.6 Å². The maximum absolute atomic E-state index is 12.8. The molecule has 88 valence electrons. The Bertz CT molecular complexity index is 256. The molecule has 0 aromatic carbocycles. The molecule has 0 N–H and O–H groups in total. The number of carbonyl (C=O) groups excluding carboxylic acids is 1. The maximum Gasteiger partial charge on any atom is 0.383 e. The molecule has 0 aromatic rings. The molecule has 1 heterocycles. The second kappa shape index (κ2) is 3.98. The summed E-state index contributed by atoms with van der Waals surface area (Å²) in [6.45, 7) is 3.51. The van der Waals surface area contributed by atoms with Crippen molar-refractivity contribution in [2.45, 2.75) is 38.7 Å². The molecule has 0 spiro atoms. The van der Waals surface area contributed by atoms with Crippen molar-refractivity contribution < 1.29 is 22.4 Å². The highest BCUT2D eigenvalue weighted by atomic mass is 19.3. The molecule has 1 aliphatic heterocycles. The van der Waals surface area contributed by atoms with E-state index in [1.54, 1.807) is 13.8 Å². The number of hydrogen-bond acceptors (Lipinski definition) is 1. The monoisotopic (exact) mass is 227 g/mol. The van der Waals surface area contributed by atoms with E-state index >= 15 is 0 Å². The van der Waals surface area contributed by atoms with E-state index in [2.05, 4.69) is 0 Å². The van der Waals surface area contributed by atoms with Gasteiger partial charge in [0.05, 0.1) is 0 Å². The molecular formula is C9H13F4NO. The highest BCUT2D eigenvalue weighted by Gasteiger charge is 2.53. The molecule has 1 amide bonds. The van der Waals surface area contributed by atoms with Crippen molar-refractivity contribution >= 4 is 5.91 Å². The van der Waals surface area contributed by atoms with Crippen LogP contribution < -0.4 is 0 Å². The van der Waals surface area contributed by atoms with Gasteiger partial charge in [0.15, 0.2) is 0 Å². The average Bonchev–Trinajstić information content (AvgIpc) is 2.43. The van der Waals surface area contributed by atoms with Crippen molar-refractivity contribution in [1.29, 1.82) is 0 Å². The lowest BCUT2D eigenvalue weighted by atomic mass is 10.1. The number of likely N-dealkylation sites (tertiary alicyclic amines) is 1. The molecule has 0 bridgehead atoms. The quantitative estimate of drug-likeness (QED) is 0.662. The summed E-state index contributed by atoms with van der Waals surface area (Å²) in [6.07, 6.45) is -3.36. The van der Waals surface area contributed by atoms with Gasteiger partial charge in [-0.25, -0.2) is 8.78 Å². The Morgan fingerprint density at radius 2 is 1.93 bits per heavy atom.